The Kier molecular flexibility index (Phi) is 6.15. The van der Waals surface area contributed by atoms with Gasteiger partial charge in [-0.1, -0.05) is 6.07 Å². The minimum atomic E-state index is -0.391. The Labute approximate surface area is 181 Å². The van der Waals surface area contributed by atoms with Crippen molar-refractivity contribution in [2.75, 3.05) is 48.1 Å². The third-order valence-corrected chi connectivity index (χ3v) is 5.52. The van der Waals surface area contributed by atoms with Crippen LogP contribution in [0.4, 0.5) is 0 Å². The minimum absolute atomic E-state index is 0.391. The zero-order valence-electron chi connectivity index (χ0n) is 18.4. The quantitative estimate of drug-likeness (QED) is 0.537. The predicted molar refractivity (Wildman–Crippen MR) is 120 cm³/mol. The Morgan fingerprint density at radius 1 is 1.06 bits per heavy atom. The molecule has 0 amide bonds. The van der Waals surface area contributed by atoms with E-state index in [0.717, 1.165) is 36.2 Å². The molecular weight excluding hydrogens is 396 g/mol. The van der Waals surface area contributed by atoms with Crippen LogP contribution in [0, 0.1) is 0 Å². The van der Waals surface area contributed by atoms with Gasteiger partial charge in [-0.15, -0.1) is 0 Å². The Morgan fingerprint density at radius 3 is 2.61 bits per heavy atom. The Morgan fingerprint density at radius 2 is 1.87 bits per heavy atom. The number of methoxy groups -OCH3 is 2. The lowest BCUT2D eigenvalue weighted by Gasteiger charge is -2.29. The van der Waals surface area contributed by atoms with Crippen LogP contribution in [0.5, 0.6) is 17.2 Å². The summed E-state index contributed by atoms with van der Waals surface area (Å²) in [5.41, 5.74) is 2.31. The number of rotatable bonds is 7. The highest BCUT2D eigenvalue weighted by Gasteiger charge is 2.22. The maximum Gasteiger partial charge on any atom is 0.344 e. The maximum atomic E-state index is 12.9. The number of ether oxygens (including phenoxy) is 3. The van der Waals surface area contributed by atoms with E-state index >= 15 is 0 Å². The molecule has 1 aliphatic rings. The average Bonchev–Trinajstić information content (AvgIpc) is 2.78. The van der Waals surface area contributed by atoms with Crippen molar-refractivity contribution in [2.45, 2.75) is 13.0 Å². The fourth-order valence-corrected chi connectivity index (χ4v) is 3.90. The Hall–Kier alpha value is -3.03. The summed E-state index contributed by atoms with van der Waals surface area (Å²) < 4.78 is 22.4. The van der Waals surface area contributed by atoms with Crippen molar-refractivity contribution in [2.24, 2.45) is 0 Å². The summed E-state index contributed by atoms with van der Waals surface area (Å²) in [6.07, 6.45) is 1.05. The lowest BCUT2D eigenvalue weighted by molar-refractivity contribution is 0.0923. The fourth-order valence-electron chi connectivity index (χ4n) is 3.90. The van der Waals surface area contributed by atoms with Gasteiger partial charge in [0.25, 0.3) is 0 Å². The van der Waals surface area contributed by atoms with E-state index in [1.54, 1.807) is 26.4 Å². The van der Waals surface area contributed by atoms with Gasteiger partial charge in [0.05, 0.1) is 25.3 Å². The van der Waals surface area contributed by atoms with Crippen molar-refractivity contribution in [3.8, 4) is 28.4 Å². The third kappa shape index (κ3) is 4.38. The van der Waals surface area contributed by atoms with Gasteiger partial charge in [0.2, 0.25) is 0 Å². The number of hydrogen-bond donors (Lipinski definition) is 0. The van der Waals surface area contributed by atoms with Gasteiger partial charge in [0.1, 0.15) is 18.1 Å². The lowest BCUT2D eigenvalue weighted by Crippen LogP contribution is -2.34. The van der Waals surface area contributed by atoms with Gasteiger partial charge in [0, 0.05) is 18.5 Å². The molecule has 4 rings (SSSR count). The zero-order valence-corrected chi connectivity index (χ0v) is 18.4. The number of nitrogens with zero attached hydrogens (tertiary/aromatic N) is 2. The van der Waals surface area contributed by atoms with E-state index < -0.39 is 5.63 Å². The number of fused-ring (bicyclic) bond motifs is 3. The van der Waals surface area contributed by atoms with E-state index in [9.17, 15) is 4.79 Å². The van der Waals surface area contributed by atoms with E-state index in [0.29, 0.717) is 41.5 Å². The van der Waals surface area contributed by atoms with Crippen LogP contribution < -0.4 is 19.8 Å². The van der Waals surface area contributed by atoms with Crippen LogP contribution in [-0.2, 0) is 6.54 Å². The topological polar surface area (TPSA) is 64.4 Å². The number of hydrogen-bond acceptors (Lipinski definition) is 7. The molecule has 0 radical (unpaired) electrons. The molecule has 0 N–H and O–H groups in total. The molecule has 0 spiro atoms. The van der Waals surface area contributed by atoms with Gasteiger partial charge < -0.3 is 23.5 Å². The first kappa shape index (κ1) is 21.2. The fraction of sp³-hybridized carbons (Fsp3) is 0.375. The van der Waals surface area contributed by atoms with Gasteiger partial charge in [-0.2, -0.15) is 0 Å². The van der Waals surface area contributed by atoms with Crippen molar-refractivity contribution < 1.29 is 18.6 Å². The van der Waals surface area contributed by atoms with E-state index in [1.807, 2.05) is 24.3 Å². The molecule has 164 valence electrons. The molecule has 1 aliphatic heterocycles. The van der Waals surface area contributed by atoms with E-state index in [1.165, 1.54) is 0 Å². The molecule has 0 bridgehead atoms. The second-order valence-electron chi connectivity index (χ2n) is 7.96. The molecule has 0 aliphatic carbocycles. The van der Waals surface area contributed by atoms with Gasteiger partial charge in [0.15, 0.2) is 11.5 Å². The van der Waals surface area contributed by atoms with Crippen LogP contribution in [-0.4, -0.2) is 57.9 Å². The first-order valence-electron chi connectivity index (χ1n) is 10.3. The molecule has 3 aromatic rings. The Balaban J connectivity index is 1.68. The number of benzene rings is 2. The smallest absolute Gasteiger partial charge is 0.344 e. The first-order valence-corrected chi connectivity index (χ1v) is 10.3. The van der Waals surface area contributed by atoms with Gasteiger partial charge >= 0.3 is 5.63 Å². The second-order valence-corrected chi connectivity index (χ2v) is 7.96. The summed E-state index contributed by atoms with van der Waals surface area (Å²) >= 11 is 0. The van der Waals surface area contributed by atoms with Gasteiger partial charge in [-0.25, -0.2) is 4.79 Å². The predicted octanol–water partition coefficient (Wildman–Crippen LogP) is 3.58. The Bertz CT molecular complexity index is 1140. The van der Waals surface area contributed by atoms with E-state index in [-0.39, 0.29) is 0 Å². The van der Waals surface area contributed by atoms with Crippen molar-refractivity contribution in [1.82, 2.24) is 9.80 Å². The standard InChI is InChI=1S/C24H28N2O5/c1-25(2)10-5-11-26-14-19-20(30-15-26)8-7-17-12-18(24(27)31-23(17)19)16-6-9-21(28-3)22(13-16)29-4/h6-9,12-13H,5,10-11,14-15H2,1-4H3. The first-order chi connectivity index (χ1) is 15.0. The SMILES string of the molecule is COc1ccc(-c2cc3ccc4c(c3oc2=O)CN(CCCN(C)C)CO4)cc1OC. The minimum Gasteiger partial charge on any atom is -0.493 e. The van der Waals surface area contributed by atoms with Crippen LogP contribution in [0.15, 0.2) is 45.6 Å². The lowest BCUT2D eigenvalue weighted by atomic mass is 10.0. The molecule has 0 fully saturated rings. The van der Waals surface area contributed by atoms with Crippen LogP contribution in [0.3, 0.4) is 0 Å². The largest absolute Gasteiger partial charge is 0.493 e. The normalized spacial score (nSPS) is 13.8. The van der Waals surface area contributed by atoms with Gasteiger partial charge in [-0.3, -0.25) is 4.90 Å². The molecule has 31 heavy (non-hydrogen) atoms. The van der Waals surface area contributed by atoms with Crippen molar-refractivity contribution in [1.29, 1.82) is 0 Å². The molecule has 2 heterocycles. The maximum absolute atomic E-state index is 12.9. The summed E-state index contributed by atoms with van der Waals surface area (Å²) in [4.78, 5) is 17.3. The van der Waals surface area contributed by atoms with Crippen molar-refractivity contribution in [3.05, 3.63) is 52.4 Å². The summed E-state index contributed by atoms with van der Waals surface area (Å²) in [5.74, 6) is 1.95. The molecule has 1 aromatic heterocycles. The molecule has 0 unspecified atom stereocenters. The summed E-state index contributed by atoms with van der Waals surface area (Å²) in [7, 11) is 7.29. The van der Waals surface area contributed by atoms with Crippen LogP contribution in [0.2, 0.25) is 0 Å². The molecule has 0 saturated heterocycles. The van der Waals surface area contributed by atoms with Crippen LogP contribution >= 0.6 is 0 Å². The van der Waals surface area contributed by atoms with Crippen LogP contribution in [0.25, 0.3) is 22.1 Å². The van der Waals surface area contributed by atoms with Gasteiger partial charge in [-0.05, 0) is 63.0 Å². The highest BCUT2D eigenvalue weighted by atomic mass is 16.5. The second kappa shape index (κ2) is 8.99. The molecule has 2 aromatic carbocycles. The highest BCUT2D eigenvalue weighted by Crippen LogP contribution is 2.35. The molecule has 7 nitrogen and oxygen atoms in total. The average molecular weight is 424 g/mol. The van der Waals surface area contributed by atoms with E-state index in [4.69, 9.17) is 18.6 Å². The molecule has 0 atom stereocenters. The molecule has 7 heteroatoms. The monoisotopic (exact) mass is 424 g/mol. The summed E-state index contributed by atoms with van der Waals surface area (Å²) in [6, 6.07) is 11.1. The zero-order chi connectivity index (χ0) is 22.0. The van der Waals surface area contributed by atoms with E-state index in [2.05, 4.69) is 23.9 Å². The summed E-state index contributed by atoms with van der Waals surface area (Å²) in [5, 5.41) is 0.863. The van der Waals surface area contributed by atoms with Crippen LogP contribution in [0.1, 0.15) is 12.0 Å². The van der Waals surface area contributed by atoms with Crippen molar-refractivity contribution >= 4 is 11.0 Å². The van der Waals surface area contributed by atoms with Crippen molar-refractivity contribution in [3.63, 3.8) is 0 Å². The highest BCUT2D eigenvalue weighted by molar-refractivity contribution is 5.86. The third-order valence-electron chi connectivity index (χ3n) is 5.52. The molecular formula is C24H28N2O5. The molecule has 0 saturated carbocycles. The summed E-state index contributed by atoms with van der Waals surface area (Å²) in [6.45, 7) is 3.17.